The first-order valence-electron chi connectivity index (χ1n) is 9.09. The number of hydrogen-bond donors (Lipinski definition) is 3. The van der Waals surface area contributed by atoms with Crippen LogP contribution in [0.4, 0.5) is 15.8 Å². The van der Waals surface area contributed by atoms with Crippen LogP contribution >= 0.6 is 0 Å². The van der Waals surface area contributed by atoms with Crippen molar-refractivity contribution in [2.24, 2.45) is 12.8 Å². The topological polar surface area (TPSA) is 111 Å². The van der Waals surface area contributed by atoms with Crippen LogP contribution in [-0.4, -0.2) is 38.2 Å². The van der Waals surface area contributed by atoms with E-state index in [0.717, 1.165) is 5.69 Å². The summed E-state index contributed by atoms with van der Waals surface area (Å²) in [6.07, 6.45) is 4.72. The van der Waals surface area contributed by atoms with E-state index in [2.05, 4.69) is 25.7 Å². The molecule has 1 atom stereocenters. The molecule has 0 aliphatic carbocycles. The van der Waals surface area contributed by atoms with E-state index in [1.54, 1.807) is 37.6 Å². The van der Waals surface area contributed by atoms with Gasteiger partial charge in [-0.25, -0.2) is 14.4 Å². The molecule has 29 heavy (non-hydrogen) atoms. The highest BCUT2D eigenvalue weighted by Gasteiger charge is 2.16. The predicted molar refractivity (Wildman–Crippen MR) is 110 cm³/mol. The molecule has 4 aromatic rings. The highest BCUT2D eigenvalue weighted by Crippen LogP contribution is 2.26. The number of benzene rings is 2. The quantitative estimate of drug-likeness (QED) is 0.481. The number of aromatic nitrogens is 4. The first-order valence-corrected chi connectivity index (χ1v) is 9.09. The molecule has 9 heteroatoms. The Morgan fingerprint density at radius 2 is 2.14 bits per heavy atom. The third-order valence-corrected chi connectivity index (χ3v) is 4.47. The van der Waals surface area contributed by atoms with E-state index < -0.39 is 11.7 Å². The normalized spacial score (nSPS) is 12.3. The maximum atomic E-state index is 14.3. The van der Waals surface area contributed by atoms with Crippen LogP contribution in [0.5, 0.6) is 0 Å². The van der Waals surface area contributed by atoms with Crippen LogP contribution in [0.1, 0.15) is 17.3 Å². The van der Waals surface area contributed by atoms with Gasteiger partial charge in [0.05, 0.1) is 11.1 Å². The fourth-order valence-electron chi connectivity index (χ4n) is 3.17. The lowest BCUT2D eigenvalue weighted by atomic mass is 10.1. The predicted octanol–water partition coefficient (Wildman–Crippen LogP) is 2.67. The molecule has 0 saturated heterocycles. The van der Waals surface area contributed by atoms with Gasteiger partial charge in [0.25, 0.3) is 5.91 Å². The monoisotopic (exact) mass is 393 g/mol. The van der Waals surface area contributed by atoms with E-state index in [0.29, 0.717) is 34.1 Å². The molecular formula is C20H20FN7O. The van der Waals surface area contributed by atoms with E-state index in [9.17, 15) is 9.18 Å². The van der Waals surface area contributed by atoms with Gasteiger partial charge in [-0.3, -0.25) is 9.48 Å². The molecule has 0 aliphatic heterocycles. The molecule has 0 radical (unpaired) electrons. The lowest BCUT2D eigenvalue weighted by Crippen LogP contribution is -2.25. The Morgan fingerprint density at radius 3 is 2.93 bits per heavy atom. The van der Waals surface area contributed by atoms with Crippen molar-refractivity contribution in [3.63, 3.8) is 0 Å². The summed E-state index contributed by atoms with van der Waals surface area (Å²) in [5.41, 5.74) is 8.05. The summed E-state index contributed by atoms with van der Waals surface area (Å²) >= 11 is 0. The van der Waals surface area contributed by atoms with Gasteiger partial charge in [0, 0.05) is 54.2 Å². The van der Waals surface area contributed by atoms with E-state index in [1.165, 1.54) is 17.1 Å². The molecule has 4 N–H and O–H groups in total. The van der Waals surface area contributed by atoms with Crippen molar-refractivity contribution < 1.29 is 9.18 Å². The summed E-state index contributed by atoms with van der Waals surface area (Å²) in [6.45, 7) is 2.46. The molecule has 2 aromatic heterocycles. The van der Waals surface area contributed by atoms with Crippen molar-refractivity contribution in [1.29, 1.82) is 0 Å². The lowest BCUT2D eigenvalue weighted by Gasteiger charge is -2.13. The van der Waals surface area contributed by atoms with Crippen molar-refractivity contribution in [3.8, 4) is 0 Å². The zero-order chi connectivity index (χ0) is 20.5. The van der Waals surface area contributed by atoms with Gasteiger partial charge < -0.3 is 16.4 Å². The number of halogens is 1. The molecule has 4 rings (SSSR count). The number of amides is 1. The molecule has 0 bridgehead atoms. The van der Waals surface area contributed by atoms with Gasteiger partial charge >= 0.3 is 0 Å². The smallest absolute Gasteiger partial charge is 0.257 e. The van der Waals surface area contributed by atoms with Gasteiger partial charge in [0.1, 0.15) is 11.8 Å². The van der Waals surface area contributed by atoms with Gasteiger partial charge in [0.2, 0.25) is 0 Å². The maximum absolute atomic E-state index is 14.3. The SMILES string of the molecule is C[C@H](N)CNc1ccc(C(=O)Nc2cc(F)c3nn(C)cc3c2)c2ncncc12. The zero-order valence-electron chi connectivity index (χ0n) is 16.0. The van der Waals surface area contributed by atoms with Crippen molar-refractivity contribution in [2.45, 2.75) is 13.0 Å². The summed E-state index contributed by atoms with van der Waals surface area (Å²) in [7, 11) is 1.71. The number of hydrogen-bond acceptors (Lipinski definition) is 6. The Morgan fingerprint density at radius 1 is 1.31 bits per heavy atom. The second kappa shape index (κ2) is 7.44. The number of anilines is 2. The highest BCUT2D eigenvalue weighted by atomic mass is 19.1. The average Bonchev–Trinajstić information content (AvgIpc) is 3.06. The Balaban J connectivity index is 1.68. The lowest BCUT2D eigenvalue weighted by molar-refractivity contribution is 0.102. The van der Waals surface area contributed by atoms with Crippen LogP contribution < -0.4 is 16.4 Å². The number of carbonyl (C=O) groups excluding carboxylic acids is 1. The summed E-state index contributed by atoms with van der Waals surface area (Å²) in [6, 6.07) is 6.36. The number of fused-ring (bicyclic) bond motifs is 2. The van der Waals surface area contributed by atoms with Crippen molar-refractivity contribution in [3.05, 3.63) is 54.4 Å². The maximum Gasteiger partial charge on any atom is 0.257 e. The minimum atomic E-state index is -0.499. The molecule has 0 saturated carbocycles. The second-order valence-corrected chi connectivity index (χ2v) is 6.96. The van der Waals surface area contributed by atoms with Crippen LogP contribution in [-0.2, 0) is 7.05 Å². The fourth-order valence-corrected chi connectivity index (χ4v) is 3.17. The number of nitrogens with one attached hydrogen (secondary N) is 2. The second-order valence-electron chi connectivity index (χ2n) is 6.96. The molecule has 0 aliphatic rings. The van der Waals surface area contributed by atoms with Crippen LogP contribution in [0.25, 0.3) is 21.8 Å². The highest BCUT2D eigenvalue weighted by molar-refractivity contribution is 6.14. The average molecular weight is 393 g/mol. The molecule has 0 fully saturated rings. The van der Waals surface area contributed by atoms with Crippen LogP contribution in [0.3, 0.4) is 0 Å². The summed E-state index contributed by atoms with van der Waals surface area (Å²) in [5.74, 6) is -0.892. The number of rotatable bonds is 5. The molecule has 2 heterocycles. The van der Waals surface area contributed by atoms with E-state index >= 15 is 0 Å². The molecule has 148 valence electrons. The molecular weight excluding hydrogens is 373 g/mol. The number of nitrogens with zero attached hydrogens (tertiary/aromatic N) is 4. The van der Waals surface area contributed by atoms with Crippen molar-refractivity contribution in [2.75, 3.05) is 17.2 Å². The van der Waals surface area contributed by atoms with Crippen LogP contribution in [0.15, 0.2) is 43.0 Å². The van der Waals surface area contributed by atoms with Crippen LogP contribution in [0, 0.1) is 5.82 Å². The Hall–Kier alpha value is -3.59. The van der Waals surface area contributed by atoms with Crippen molar-refractivity contribution >= 4 is 39.1 Å². The van der Waals surface area contributed by atoms with Crippen molar-refractivity contribution in [1.82, 2.24) is 19.7 Å². The molecule has 0 unspecified atom stereocenters. The largest absolute Gasteiger partial charge is 0.383 e. The third kappa shape index (κ3) is 3.72. The number of aryl methyl sites for hydroxylation is 1. The Bertz CT molecular complexity index is 1220. The Kier molecular flexibility index (Phi) is 4.81. The van der Waals surface area contributed by atoms with Gasteiger partial charge in [-0.05, 0) is 31.2 Å². The molecule has 8 nitrogen and oxygen atoms in total. The molecule has 0 spiro atoms. The third-order valence-electron chi connectivity index (χ3n) is 4.47. The molecule has 1 amide bonds. The van der Waals surface area contributed by atoms with Gasteiger partial charge in [0.15, 0.2) is 5.82 Å². The first-order chi connectivity index (χ1) is 13.9. The van der Waals surface area contributed by atoms with Gasteiger partial charge in [-0.1, -0.05) is 0 Å². The van der Waals surface area contributed by atoms with Gasteiger partial charge in [-0.15, -0.1) is 0 Å². The molecule has 2 aromatic carbocycles. The summed E-state index contributed by atoms with van der Waals surface area (Å²) < 4.78 is 15.8. The van der Waals surface area contributed by atoms with E-state index in [-0.39, 0.29) is 11.6 Å². The minimum Gasteiger partial charge on any atom is -0.383 e. The minimum absolute atomic E-state index is 0.0325. The Labute approximate surface area is 165 Å². The zero-order valence-corrected chi connectivity index (χ0v) is 16.0. The summed E-state index contributed by atoms with van der Waals surface area (Å²) in [4.78, 5) is 21.2. The first kappa shape index (κ1) is 18.8. The van der Waals surface area contributed by atoms with E-state index in [4.69, 9.17) is 5.73 Å². The summed E-state index contributed by atoms with van der Waals surface area (Å²) in [5, 5.41) is 11.4. The van der Waals surface area contributed by atoms with E-state index in [1.807, 2.05) is 6.92 Å². The van der Waals surface area contributed by atoms with Crippen LogP contribution in [0.2, 0.25) is 0 Å². The fraction of sp³-hybridized carbons (Fsp3) is 0.200. The standard InChI is InChI=1S/C20H20FN7O/c1-11(22)7-24-17-4-3-14(19-15(17)8-23-10-25-19)20(29)26-13-5-12-9-28(2)27-18(12)16(21)6-13/h3-6,8-11,24H,7,22H2,1-2H3,(H,26,29)/t11-/m0/s1. The van der Waals surface area contributed by atoms with Gasteiger partial charge in [-0.2, -0.15) is 5.10 Å². The number of nitrogens with two attached hydrogens (primary N) is 1. The number of carbonyl (C=O) groups is 1.